The summed E-state index contributed by atoms with van der Waals surface area (Å²) in [6, 6.07) is 11.2. The molecular weight excluding hydrogens is 593 g/mol. The van der Waals surface area contributed by atoms with Crippen molar-refractivity contribution in [3.05, 3.63) is 60.7 Å². The van der Waals surface area contributed by atoms with Crippen molar-refractivity contribution in [1.29, 1.82) is 0 Å². The minimum Gasteiger partial charge on any atom is -0.871 e. The predicted octanol–water partition coefficient (Wildman–Crippen LogP) is -6.45. The number of benzene rings is 4. The van der Waals surface area contributed by atoms with Crippen LogP contribution < -0.4 is 93.8 Å². The molecule has 0 fully saturated rings. The van der Waals surface area contributed by atoms with Gasteiger partial charge in [0.1, 0.15) is 25.1 Å². The Kier molecular flexibility index (Phi) is 12.2. The first-order valence-corrected chi connectivity index (χ1v) is 13.5. The van der Waals surface area contributed by atoms with Crippen LogP contribution in [0, 0.1) is 0 Å². The van der Waals surface area contributed by atoms with Gasteiger partial charge < -0.3 is 14.2 Å². The third-order valence-electron chi connectivity index (χ3n) is 4.91. The van der Waals surface area contributed by atoms with E-state index in [0.717, 1.165) is 24.3 Å². The third kappa shape index (κ3) is 7.84. The van der Waals surface area contributed by atoms with Gasteiger partial charge in [0.2, 0.25) is 0 Å². The molecule has 0 aromatic heterocycles. The first kappa shape index (κ1) is 35.6. The molecule has 12 nitrogen and oxygen atoms in total. The summed E-state index contributed by atoms with van der Waals surface area (Å²) in [5.74, 6) is -0.810. The van der Waals surface area contributed by atoms with E-state index in [-0.39, 0.29) is 99.7 Å². The van der Waals surface area contributed by atoms with Gasteiger partial charge in [0.05, 0.1) is 21.2 Å². The Balaban J connectivity index is 0.00000241. The predicted molar refractivity (Wildman–Crippen MR) is 117 cm³/mol. The molecule has 0 aliphatic carbocycles. The first-order valence-electron chi connectivity index (χ1n) is 9.27. The second-order valence-electron chi connectivity index (χ2n) is 7.21. The molecule has 0 amide bonds. The van der Waals surface area contributed by atoms with Crippen LogP contribution in [0.4, 0.5) is 11.4 Å². The molecule has 182 valence electrons. The van der Waals surface area contributed by atoms with Crippen molar-refractivity contribution < 1.29 is 133 Å². The normalized spacial score (nSPS) is 12.1. The summed E-state index contributed by atoms with van der Waals surface area (Å²) in [5, 5.41) is 20.4. The van der Waals surface area contributed by atoms with E-state index in [9.17, 15) is 44.0 Å². The monoisotopic (exact) mass is 604 g/mol. The van der Waals surface area contributed by atoms with Crippen LogP contribution in [0.5, 0.6) is 5.75 Å². The van der Waals surface area contributed by atoms with E-state index in [2.05, 4.69) is 10.2 Å². The molecule has 0 saturated carbocycles. The second-order valence-corrected chi connectivity index (χ2v) is 11.4. The summed E-state index contributed by atoms with van der Waals surface area (Å²) in [6.07, 6.45) is 0. The van der Waals surface area contributed by atoms with E-state index >= 15 is 0 Å². The summed E-state index contributed by atoms with van der Waals surface area (Å²) >= 11 is 0. The average Bonchev–Trinajstić information content (AvgIpc) is 2.75. The van der Waals surface area contributed by atoms with Crippen molar-refractivity contribution in [2.45, 2.75) is 14.7 Å². The zero-order valence-electron chi connectivity index (χ0n) is 20.0. The van der Waals surface area contributed by atoms with Crippen LogP contribution in [0.1, 0.15) is 0 Å². The van der Waals surface area contributed by atoms with Gasteiger partial charge in [0, 0.05) is 5.39 Å². The van der Waals surface area contributed by atoms with Gasteiger partial charge in [-0.2, -0.15) is 18.6 Å². The molecule has 4 aromatic carbocycles. The summed E-state index contributed by atoms with van der Waals surface area (Å²) in [4.78, 5) is -2.38. The van der Waals surface area contributed by atoms with Gasteiger partial charge in [0.15, 0.2) is 0 Å². The molecular formula is C20H11N2Na3O10S3. The van der Waals surface area contributed by atoms with Crippen LogP contribution in [0.2, 0.25) is 0 Å². The fourth-order valence-corrected chi connectivity index (χ4v) is 5.21. The number of azo groups is 1. The molecule has 0 aliphatic rings. The largest absolute Gasteiger partial charge is 1.00 e. The quantitative estimate of drug-likeness (QED) is 0.129. The minimum absolute atomic E-state index is 0. The van der Waals surface area contributed by atoms with E-state index < -0.39 is 61.9 Å². The smallest absolute Gasteiger partial charge is 0.871 e. The Morgan fingerprint density at radius 2 is 1.16 bits per heavy atom. The molecule has 18 heteroatoms. The Morgan fingerprint density at radius 1 is 0.632 bits per heavy atom. The molecule has 0 spiro atoms. The second kappa shape index (κ2) is 13.0. The van der Waals surface area contributed by atoms with Crippen molar-refractivity contribution in [2.75, 3.05) is 0 Å². The van der Waals surface area contributed by atoms with Crippen LogP contribution in [0.25, 0.3) is 21.5 Å². The van der Waals surface area contributed by atoms with Crippen LogP contribution >= 0.6 is 0 Å². The minimum atomic E-state index is -5.10. The zero-order chi connectivity index (χ0) is 25.8. The average molecular weight is 604 g/mol. The van der Waals surface area contributed by atoms with Crippen molar-refractivity contribution in [2.24, 2.45) is 10.2 Å². The van der Waals surface area contributed by atoms with Crippen LogP contribution in [0.3, 0.4) is 0 Å². The standard InChI is InChI=1S/C20H14N2O10S3.3Na/c23-17-6-3-13-9-16(34(27,28)29)10-18(35(30,31)32)19(13)20(17)22-21-14-4-1-12-8-15(33(24,25)26)5-2-11(12)7-14;;;/h1-10,23H,(H,24,25,26)(H,27,28,29)(H,30,31,32);;;/q;3*+1/p-3. The van der Waals surface area contributed by atoms with Crippen molar-refractivity contribution in [3.8, 4) is 5.75 Å². The zero-order valence-corrected chi connectivity index (χ0v) is 28.5. The first-order chi connectivity index (χ1) is 16.1. The van der Waals surface area contributed by atoms with Gasteiger partial charge in [-0.15, -0.1) is 0 Å². The Bertz CT molecular complexity index is 1900. The van der Waals surface area contributed by atoms with Crippen molar-refractivity contribution in [3.63, 3.8) is 0 Å². The number of fused-ring (bicyclic) bond motifs is 2. The maximum absolute atomic E-state index is 12.5. The Labute approximate surface area is 283 Å². The summed E-state index contributed by atoms with van der Waals surface area (Å²) in [6.45, 7) is 0. The molecule has 0 saturated heterocycles. The topological polar surface area (TPSA) is 217 Å². The van der Waals surface area contributed by atoms with E-state index in [1.54, 1.807) is 0 Å². The van der Waals surface area contributed by atoms with Crippen LogP contribution in [-0.2, 0) is 30.4 Å². The van der Waals surface area contributed by atoms with Gasteiger partial charge in [-0.3, -0.25) is 4.55 Å². The molecule has 0 aliphatic heterocycles. The molecule has 0 atom stereocenters. The number of nitrogens with zero attached hydrogens (tertiary/aromatic N) is 2. The molecule has 4 rings (SSSR count). The maximum Gasteiger partial charge on any atom is 1.00 e. The third-order valence-corrected chi connectivity index (χ3v) is 7.43. The molecule has 0 heterocycles. The molecule has 4 aromatic rings. The molecule has 0 bridgehead atoms. The fourth-order valence-electron chi connectivity index (χ4n) is 3.35. The number of hydrogen-bond donors (Lipinski definition) is 1. The van der Waals surface area contributed by atoms with Crippen molar-refractivity contribution in [1.82, 2.24) is 0 Å². The summed E-state index contributed by atoms with van der Waals surface area (Å²) in [7, 11) is -14.9. The molecule has 0 radical (unpaired) electrons. The van der Waals surface area contributed by atoms with Crippen molar-refractivity contribution >= 4 is 63.3 Å². The van der Waals surface area contributed by atoms with Gasteiger partial charge in [-0.05, 0) is 52.6 Å². The van der Waals surface area contributed by atoms with Crippen LogP contribution in [0.15, 0.2) is 85.6 Å². The van der Waals surface area contributed by atoms with Gasteiger partial charge in [-0.1, -0.05) is 30.0 Å². The summed E-state index contributed by atoms with van der Waals surface area (Å²) < 4.78 is 101. The number of hydrogen-bond acceptors (Lipinski definition) is 11. The van der Waals surface area contributed by atoms with E-state index in [0.29, 0.717) is 16.8 Å². The molecule has 0 unspecified atom stereocenters. The Morgan fingerprint density at radius 3 is 1.74 bits per heavy atom. The SMILES string of the molecule is O=S(=O)([O-])c1ccc2cc(N=Nc3c([O-])ccc4cc(S(=O)(=O)[O-])cc(S(=O)(=O)O)c34)ccc2c1.[Na+].[Na+].[Na+]. The van der Waals surface area contributed by atoms with E-state index in [4.69, 9.17) is 0 Å². The van der Waals surface area contributed by atoms with Gasteiger partial charge in [-0.25, -0.2) is 16.8 Å². The summed E-state index contributed by atoms with van der Waals surface area (Å²) in [5.41, 5.74) is -0.392. The maximum atomic E-state index is 12.5. The fraction of sp³-hybridized carbons (Fsp3) is 0. The van der Waals surface area contributed by atoms with E-state index in [1.807, 2.05) is 0 Å². The molecule has 1 N–H and O–H groups in total. The van der Waals surface area contributed by atoms with Gasteiger partial charge in [0.25, 0.3) is 10.1 Å². The Hall–Kier alpha value is -0.470. The molecule has 38 heavy (non-hydrogen) atoms. The van der Waals surface area contributed by atoms with Crippen LogP contribution in [-0.4, -0.2) is 38.9 Å². The van der Waals surface area contributed by atoms with Gasteiger partial charge >= 0.3 is 88.7 Å². The number of rotatable bonds is 5. The van der Waals surface area contributed by atoms with E-state index in [1.165, 1.54) is 30.3 Å².